The zero-order valence-electron chi connectivity index (χ0n) is 8.86. The quantitative estimate of drug-likeness (QED) is 0.532. The third-order valence-corrected chi connectivity index (χ3v) is 3.15. The van der Waals surface area contributed by atoms with Crippen LogP contribution >= 0.6 is 0 Å². The van der Waals surface area contributed by atoms with Crippen LogP contribution in [0.15, 0.2) is 0 Å². The lowest BCUT2D eigenvalue weighted by molar-refractivity contribution is 0.295. The van der Waals surface area contributed by atoms with Crippen molar-refractivity contribution in [2.24, 2.45) is 0 Å². The van der Waals surface area contributed by atoms with Gasteiger partial charge in [-0.25, -0.2) is 13.1 Å². The van der Waals surface area contributed by atoms with Gasteiger partial charge in [-0.3, -0.25) is 0 Å². The third kappa shape index (κ3) is 8.43. The summed E-state index contributed by atoms with van der Waals surface area (Å²) in [5.41, 5.74) is 0. The van der Waals surface area contributed by atoms with E-state index in [4.69, 9.17) is 5.11 Å². The summed E-state index contributed by atoms with van der Waals surface area (Å²) in [6.07, 6.45) is 1.09. The van der Waals surface area contributed by atoms with Crippen LogP contribution in [0.25, 0.3) is 0 Å². The van der Waals surface area contributed by atoms with Crippen molar-refractivity contribution in [1.29, 1.82) is 0 Å². The summed E-state index contributed by atoms with van der Waals surface area (Å²) in [5, 5.41) is 8.48. The Bertz CT molecular complexity index is 227. The van der Waals surface area contributed by atoms with Crippen LogP contribution in [0.3, 0.4) is 0 Å². The molecular formula is C8H20N2O3S. The number of aliphatic hydroxyl groups excluding tert-OH is 1. The first-order valence-electron chi connectivity index (χ1n) is 4.71. The SMILES string of the molecule is CN(C)CCCNS(=O)(=O)CCCO. The van der Waals surface area contributed by atoms with Gasteiger partial charge in [-0.1, -0.05) is 0 Å². The molecular weight excluding hydrogens is 204 g/mol. The van der Waals surface area contributed by atoms with Crippen LogP contribution in [-0.4, -0.2) is 58.0 Å². The van der Waals surface area contributed by atoms with Crippen LogP contribution in [0.1, 0.15) is 12.8 Å². The number of nitrogens with one attached hydrogen (secondary N) is 1. The topological polar surface area (TPSA) is 69.6 Å². The summed E-state index contributed by atoms with van der Waals surface area (Å²) in [6, 6.07) is 0. The molecule has 0 aromatic heterocycles. The molecule has 0 unspecified atom stereocenters. The lowest BCUT2D eigenvalue weighted by Crippen LogP contribution is -2.29. The fourth-order valence-electron chi connectivity index (χ4n) is 0.950. The summed E-state index contributed by atoms with van der Waals surface area (Å²) in [4.78, 5) is 2.00. The van der Waals surface area contributed by atoms with Crippen molar-refractivity contribution >= 4 is 10.0 Å². The lowest BCUT2D eigenvalue weighted by Gasteiger charge is -2.09. The van der Waals surface area contributed by atoms with Crippen LogP contribution in [0.4, 0.5) is 0 Å². The van der Waals surface area contributed by atoms with Gasteiger partial charge in [-0.2, -0.15) is 0 Å². The number of nitrogens with zero attached hydrogens (tertiary/aromatic N) is 1. The molecule has 0 amide bonds. The Labute approximate surface area is 86.2 Å². The molecule has 86 valence electrons. The first kappa shape index (κ1) is 13.8. The van der Waals surface area contributed by atoms with Gasteiger partial charge in [0.1, 0.15) is 0 Å². The molecule has 0 aliphatic heterocycles. The van der Waals surface area contributed by atoms with E-state index < -0.39 is 10.0 Å². The summed E-state index contributed by atoms with van der Waals surface area (Å²) >= 11 is 0. The second kappa shape index (κ2) is 7.17. The van der Waals surface area contributed by atoms with E-state index in [2.05, 4.69) is 4.72 Å². The first-order valence-corrected chi connectivity index (χ1v) is 6.36. The van der Waals surface area contributed by atoms with Gasteiger partial charge >= 0.3 is 0 Å². The molecule has 0 aliphatic rings. The highest BCUT2D eigenvalue weighted by atomic mass is 32.2. The highest BCUT2D eigenvalue weighted by Crippen LogP contribution is 1.89. The predicted molar refractivity (Wildman–Crippen MR) is 56.7 cm³/mol. The fourth-order valence-corrected chi connectivity index (χ4v) is 2.06. The van der Waals surface area contributed by atoms with E-state index in [9.17, 15) is 8.42 Å². The first-order chi connectivity index (χ1) is 6.48. The van der Waals surface area contributed by atoms with Gasteiger partial charge < -0.3 is 10.0 Å². The van der Waals surface area contributed by atoms with Crippen LogP contribution in [-0.2, 0) is 10.0 Å². The van der Waals surface area contributed by atoms with Gasteiger partial charge in [0, 0.05) is 13.2 Å². The molecule has 0 heterocycles. The highest BCUT2D eigenvalue weighted by Gasteiger charge is 2.07. The van der Waals surface area contributed by atoms with Crippen molar-refractivity contribution in [3.05, 3.63) is 0 Å². The van der Waals surface area contributed by atoms with Gasteiger partial charge in [0.05, 0.1) is 5.75 Å². The molecule has 0 atom stereocenters. The standard InChI is InChI=1S/C8H20N2O3S/c1-10(2)6-3-5-9-14(12,13)8-4-7-11/h9,11H,3-8H2,1-2H3. The molecule has 0 saturated heterocycles. The Morgan fingerprint density at radius 3 is 2.43 bits per heavy atom. The Morgan fingerprint density at radius 1 is 1.29 bits per heavy atom. The Hall–Kier alpha value is -0.170. The van der Waals surface area contributed by atoms with E-state index >= 15 is 0 Å². The number of aliphatic hydroxyl groups is 1. The fraction of sp³-hybridized carbons (Fsp3) is 1.00. The van der Waals surface area contributed by atoms with Crippen LogP contribution < -0.4 is 4.72 Å². The van der Waals surface area contributed by atoms with E-state index in [1.807, 2.05) is 19.0 Å². The molecule has 0 rings (SSSR count). The van der Waals surface area contributed by atoms with E-state index in [0.717, 1.165) is 13.0 Å². The highest BCUT2D eigenvalue weighted by molar-refractivity contribution is 7.89. The maximum atomic E-state index is 11.2. The number of sulfonamides is 1. The van der Waals surface area contributed by atoms with E-state index in [1.54, 1.807) is 0 Å². The second-order valence-electron chi connectivity index (χ2n) is 3.45. The zero-order valence-corrected chi connectivity index (χ0v) is 9.68. The molecule has 0 saturated carbocycles. The van der Waals surface area contributed by atoms with Crippen LogP contribution in [0.2, 0.25) is 0 Å². The second-order valence-corrected chi connectivity index (χ2v) is 5.37. The van der Waals surface area contributed by atoms with Crippen molar-refractivity contribution in [1.82, 2.24) is 9.62 Å². The van der Waals surface area contributed by atoms with E-state index in [-0.39, 0.29) is 12.4 Å². The van der Waals surface area contributed by atoms with E-state index in [0.29, 0.717) is 13.0 Å². The van der Waals surface area contributed by atoms with Crippen molar-refractivity contribution in [3.8, 4) is 0 Å². The van der Waals surface area contributed by atoms with Gasteiger partial charge in [0.2, 0.25) is 10.0 Å². The van der Waals surface area contributed by atoms with Crippen molar-refractivity contribution in [2.75, 3.05) is 39.5 Å². The van der Waals surface area contributed by atoms with Gasteiger partial charge in [0.15, 0.2) is 0 Å². The minimum absolute atomic E-state index is 0.00542. The van der Waals surface area contributed by atoms with Crippen molar-refractivity contribution in [2.45, 2.75) is 12.8 Å². The maximum absolute atomic E-state index is 11.2. The van der Waals surface area contributed by atoms with Gasteiger partial charge in [-0.15, -0.1) is 0 Å². The normalized spacial score (nSPS) is 12.3. The molecule has 0 aliphatic carbocycles. The molecule has 0 spiro atoms. The molecule has 0 bridgehead atoms. The number of hydrogen-bond acceptors (Lipinski definition) is 4. The molecule has 0 aromatic rings. The third-order valence-electron chi connectivity index (χ3n) is 1.68. The summed E-state index contributed by atoms with van der Waals surface area (Å²) < 4.78 is 24.9. The van der Waals surface area contributed by atoms with Gasteiger partial charge in [0.25, 0.3) is 0 Å². The molecule has 5 nitrogen and oxygen atoms in total. The lowest BCUT2D eigenvalue weighted by atomic mass is 10.4. The average molecular weight is 224 g/mol. The summed E-state index contributed by atoms with van der Waals surface area (Å²) in [7, 11) is 0.719. The van der Waals surface area contributed by atoms with E-state index in [1.165, 1.54) is 0 Å². The molecule has 2 N–H and O–H groups in total. The number of hydrogen-bond donors (Lipinski definition) is 2. The van der Waals surface area contributed by atoms with Crippen LogP contribution in [0, 0.1) is 0 Å². The summed E-state index contributed by atoms with van der Waals surface area (Å²) in [6.45, 7) is 1.24. The smallest absolute Gasteiger partial charge is 0.211 e. The molecule has 0 fully saturated rings. The van der Waals surface area contributed by atoms with Crippen molar-refractivity contribution in [3.63, 3.8) is 0 Å². The average Bonchev–Trinajstić information content (AvgIpc) is 2.09. The zero-order chi connectivity index (χ0) is 11.0. The molecule has 6 heteroatoms. The minimum atomic E-state index is -3.17. The Kier molecular flexibility index (Phi) is 7.08. The Balaban J connectivity index is 3.56. The summed E-state index contributed by atoms with van der Waals surface area (Å²) in [5.74, 6) is 0.00542. The minimum Gasteiger partial charge on any atom is -0.396 e. The maximum Gasteiger partial charge on any atom is 0.211 e. The molecule has 0 aromatic carbocycles. The molecule has 0 radical (unpaired) electrons. The molecule has 14 heavy (non-hydrogen) atoms. The Morgan fingerprint density at radius 2 is 1.93 bits per heavy atom. The van der Waals surface area contributed by atoms with Gasteiger partial charge in [-0.05, 0) is 33.5 Å². The monoisotopic (exact) mass is 224 g/mol. The van der Waals surface area contributed by atoms with Crippen LogP contribution in [0.5, 0.6) is 0 Å². The largest absolute Gasteiger partial charge is 0.396 e. The predicted octanol–water partition coefficient (Wildman–Crippen LogP) is -0.760. The van der Waals surface area contributed by atoms with Crippen molar-refractivity contribution < 1.29 is 13.5 Å². The number of rotatable bonds is 8.